The predicted octanol–water partition coefficient (Wildman–Crippen LogP) is 5.57. The minimum atomic E-state index is -0.192. The number of benzene rings is 2. The first-order valence-corrected chi connectivity index (χ1v) is 11.6. The first-order chi connectivity index (χ1) is 16.8. The van der Waals surface area contributed by atoms with E-state index in [0.717, 1.165) is 11.1 Å². The Hall–Kier alpha value is -3.91. The van der Waals surface area contributed by atoms with Gasteiger partial charge in [-0.25, -0.2) is 9.97 Å². The minimum Gasteiger partial charge on any atom is -0.495 e. The van der Waals surface area contributed by atoms with Crippen LogP contribution in [0.2, 0.25) is 5.02 Å². The lowest BCUT2D eigenvalue weighted by molar-refractivity contribution is 0.0950. The SMILES string of the molecule is COc1cc(C(=O)NCc2ccc(C)cc2)ccc1Nc1ncc(Cl)c(-c2cnn(C(C)C)c2)n1. The van der Waals surface area contributed by atoms with Crippen molar-refractivity contribution >= 4 is 29.1 Å². The number of aromatic nitrogens is 4. The van der Waals surface area contributed by atoms with Crippen LogP contribution >= 0.6 is 11.6 Å². The van der Waals surface area contributed by atoms with Crippen LogP contribution in [0, 0.1) is 6.92 Å². The van der Waals surface area contributed by atoms with E-state index in [0.29, 0.717) is 40.2 Å². The van der Waals surface area contributed by atoms with Crippen LogP contribution in [-0.2, 0) is 6.54 Å². The Labute approximate surface area is 209 Å². The zero-order valence-corrected chi connectivity index (χ0v) is 20.8. The number of nitrogens with zero attached hydrogens (tertiary/aromatic N) is 4. The summed E-state index contributed by atoms with van der Waals surface area (Å²) < 4.78 is 7.35. The van der Waals surface area contributed by atoms with Crippen molar-refractivity contribution in [2.45, 2.75) is 33.4 Å². The van der Waals surface area contributed by atoms with Crippen LogP contribution in [0.5, 0.6) is 5.75 Å². The number of halogens is 1. The van der Waals surface area contributed by atoms with Gasteiger partial charge in [0.25, 0.3) is 5.91 Å². The van der Waals surface area contributed by atoms with Crippen LogP contribution < -0.4 is 15.4 Å². The summed E-state index contributed by atoms with van der Waals surface area (Å²) >= 11 is 6.36. The number of aryl methyl sites for hydroxylation is 1. The second-order valence-corrected chi connectivity index (χ2v) is 8.81. The van der Waals surface area contributed by atoms with E-state index in [4.69, 9.17) is 16.3 Å². The maximum atomic E-state index is 12.7. The van der Waals surface area contributed by atoms with E-state index < -0.39 is 0 Å². The van der Waals surface area contributed by atoms with Gasteiger partial charge in [-0.1, -0.05) is 41.4 Å². The fourth-order valence-corrected chi connectivity index (χ4v) is 3.62. The number of carbonyl (C=O) groups excluding carboxylic acids is 1. The summed E-state index contributed by atoms with van der Waals surface area (Å²) in [7, 11) is 1.54. The molecule has 0 aliphatic carbocycles. The summed E-state index contributed by atoms with van der Waals surface area (Å²) in [4.78, 5) is 21.5. The highest BCUT2D eigenvalue weighted by atomic mass is 35.5. The third-order valence-corrected chi connectivity index (χ3v) is 5.71. The number of anilines is 2. The van der Waals surface area contributed by atoms with Gasteiger partial charge in [0, 0.05) is 29.9 Å². The van der Waals surface area contributed by atoms with E-state index >= 15 is 0 Å². The van der Waals surface area contributed by atoms with Crippen molar-refractivity contribution in [3.63, 3.8) is 0 Å². The number of carbonyl (C=O) groups is 1. The first-order valence-electron chi connectivity index (χ1n) is 11.2. The van der Waals surface area contributed by atoms with E-state index in [-0.39, 0.29) is 11.9 Å². The van der Waals surface area contributed by atoms with Crippen molar-refractivity contribution in [2.75, 3.05) is 12.4 Å². The predicted molar refractivity (Wildman–Crippen MR) is 137 cm³/mol. The summed E-state index contributed by atoms with van der Waals surface area (Å²) in [6, 6.07) is 13.4. The number of methoxy groups -OCH3 is 1. The fraction of sp³-hybridized carbons (Fsp3) is 0.231. The van der Waals surface area contributed by atoms with Gasteiger partial charge in [0.15, 0.2) is 0 Å². The third kappa shape index (κ3) is 5.78. The molecule has 4 aromatic rings. The van der Waals surface area contributed by atoms with Crippen LogP contribution in [0.4, 0.5) is 11.6 Å². The van der Waals surface area contributed by atoms with Crippen LogP contribution in [-0.4, -0.2) is 32.8 Å². The largest absolute Gasteiger partial charge is 0.495 e. The molecule has 2 aromatic heterocycles. The maximum Gasteiger partial charge on any atom is 0.251 e. The normalized spacial score (nSPS) is 10.9. The van der Waals surface area contributed by atoms with Gasteiger partial charge in [0.1, 0.15) is 5.75 Å². The van der Waals surface area contributed by atoms with Gasteiger partial charge in [0.2, 0.25) is 5.95 Å². The van der Waals surface area contributed by atoms with E-state index in [2.05, 4.69) is 25.7 Å². The van der Waals surface area contributed by atoms with E-state index in [1.807, 2.05) is 55.9 Å². The molecule has 2 N–H and O–H groups in total. The Morgan fingerprint density at radius 1 is 1.14 bits per heavy atom. The molecule has 2 heterocycles. The summed E-state index contributed by atoms with van der Waals surface area (Å²) in [6.45, 7) is 6.56. The highest BCUT2D eigenvalue weighted by Crippen LogP contribution is 2.30. The lowest BCUT2D eigenvalue weighted by Crippen LogP contribution is -2.22. The molecule has 9 heteroatoms. The molecular formula is C26H27ClN6O2. The fourth-order valence-electron chi connectivity index (χ4n) is 3.42. The number of amides is 1. The number of hydrogen-bond donors (Lipinski definition) is 2. The van der Waals surface area contributed by atoms with Crippen molar-refractivity contribution in [1.82, 2.24) is 25.1 Å². The van der Waals surface area contributed by atoms with E-state index in [1.54, 1.807) is 31.5 Å². The Morgan fingerprint density at radius 3 is 2.60 bits per heavy atom. The highest BCUT2D eigenvalue weighted by Gasteiger charge is 2.14. The maximum absolute atomic E-state index is 12.7. The first kappa shape index (κ1) is 24.2. The quantitative estimate of drug-likeness (QED) is 0.335. The van der Waals surface area contributed by atoms with Gasteiger partial charge < -0.3 is 15.4 Å². The number of rotatable bonds is 8. The van der Waals surface area contributed by atoms with Crippen LogP contribution in [0.25, 0.3) is 11.3 Å². The van der Waals surface area contributed by atoms with Crippen molar-refractivity contribution in [1.29, 1.82) is 0 Å². The molecule has 0 unspecified atom stereocenters. The standard InChI is InChI=1S/C26H27ClN6O2/c1-16(2)33-15-20(13-30-33)24-21(27)14-29-26(32-24)31-22-10-9-19(11-23(22)35-4)25(34)28-12-18-7-5-17(3)6-8-18/h5-11,13-16H,12H2,1-4H3,(H,28,34)(H,29,31,32). The average molecular weight is 491 g/mol. The Kier molecular flexibility index (Phi) is 7.31. The van der Waals surface area contributed by atoms with Gasteiger partial charge in [0.05, 0.1) is 35.9 Å². The highest BCUT2D eigenvalue weighted by molar-refractivity contribution is 6.32. The molecule has 4 rings (SSSR count). The second kappa shape index (κ2) is 10.6. The zero-order valence-electron chi connectivity index (χ0n) is 20.0. The smallest absolute Gasteiger partial charge is 0.251 e. The molecule has 0 spiro atoms. The monoisotopic (exact) mass is 490 g/mol. The topological polar surface area (TPSA) is 94.0 Å². The molecule has 180 valence electrons. The lowest BCUT2D eigenvalue weighted by atomic mass is 10.1. The van der Waals surface area contributed by atoms with Crippen LogP contribution in [0.15, 0.2) is 61.1 Å². The number of nitrogens with one attached hydrogen (secondary N) is 2. The van der Waals surface area contributed by atoms with Crippen LogP contribution in [0.3, 0.4) is 0 Å². The second-order valence-electron chi connectivity index (χ2n) is 8.40. The van der Waals surface area contributed by atoms with Gasteiger partial charge in [-0.3, -0.25) is 9.48 Å². The van der Waals surface area contributed by atoms with Crippen molar-refractivity contribution in [3.8, 4) is 17.0 Å². The molecule has 0 aliphatic heterocycles. The lowest BCUT2D eigenvalue weighted by Gasteiger charge is -2.13. The zero-order chi connectivity index (χ0) is 24.9. The molecule has 35 heavy (non-hydrogen) atoms. The van der Waals surface area contributed by atoms with E-state index in [1.165, 1.54) is 11.8 Å². The van der Waals surface area contributed by atoms with Crippen molar-refractivity contribution < 1.29 is 9.53 Å². The van der Waals surface area contributed by atoms with E-state index in [9.17, 15) is 4.79 Å². The summed E-state index contributed by atoms with van der Waals surface area (Å²) in [5.74, 6) is 0.639. The summed E-state index contributed by atoms with van der Waals surface area (Å²) in [5, 5.41) is 10.9. The Morgan fingerprint density at radius 2 is 1.91 bits per heavy atom. The van der Waals surface area contributed by atoms with Gasteiger partial charge in [-0.2, -0.15) is 5.10 Å². The van der Waals surface area contributed by atoms with Gasteiger partial charge in [-0.15, -0.1) is 0 Å². The molecule has 0 saturated carbocycles. The Balaban J connectivity index is 1.50. The summed E-state index contributed by atoms with van der Waals surface area (Å²) in [6.07, 6.45) is 5.16. The average Bonchev–Trinajstić information content (AvgIpc) is 3.35. The molecule has 0 saturated heterocycles. The molecule has 0 radical (unpaired) electrons. The van der Waals surface area contributed by atoms with Crippen molar-refractivity contribution in [3.05, 3.63) is 82.8 Å². The Bertz CT molecular complexity index is 1330. The summed E-state index contributed by atoms with van der Waals surface area (Å²) in [5.41, 5.74) is 4.68. The van der Waals surface area contributed by atoms with Crippen LogP contribution in [0.1, 0.15) is 41.4 Å². The molecule has 0 aliphatic rings. The van der Waals surface area contributed by atoms with Gasteiger partial charge >= 0.3 is 0 Å². The van der Waals surface area contributed by atoms with Crippen molar-refractivity contribution in [2.24, 2.45) is 0 Å². The molecular weight excluding hydrogens is 464 g/mol. The molecule has 2 aromatic carbocycles. The molecule has 0 atom stereocenters. The molecule has 0 fully saturated rings. The molecule has 1 amide bonds. The minimum absolute atomic E-state index is 0.192. The number of ether oxygens (including phenoxy) is 1. The molecule has 0 bridgehead atoms. The molecule has 8 nitrogen and oxygen atoms in total. The van der Waals surface area contributed by atoms with Gasteiger partial charge in [-0.05, 0) is 44.5 Å². The third-order valence-electron chi connectivity index (χ3n) is 5.43. The number of hydrogen-bond acceptors (Lipinski definition) is 6.